The minimum Gasteiger partial charge on any atom is -0.494 e. The van der Waals surface area contributed by atoms with Crippen LogP contribution in [0.5, 0.6) is 11.5 Å². The third kappa shape index (κ3) is 6.73. The lowest BCUT2D eigenvalue weighted by Gasteiger charge is -2.13. The molecule has 1 fully saturated rings. The molecule has 0 unspecified atom stereocenters. The molecule has 2 N–H and O–H groups in total. The van der Waals surface area contributed by atoms with Crippen LogP contribution in [0.3, 0.4) is 0 Å². The molecule has 1 aliphatic rings. The van der Waals surface area contributed by atoms with E-state index in [0.29, 0.717) is 18.8 Å². The fourth-order valence-corrected chi connectivity index (χ4v) is 3.07. The third-order valence-electron chi connectivity index (χ3n) is 4.39. The van der Waals surface area contributed by atoms with E-state index in [4.69, 9.17) is 26.4 Å². The fourth-order valence-electron chi connectivity index (χ4n) is 2.86. The van der Waals surface area contributed by atoms with Crippen molar-refractivity contribution in [2.45, 2.75) is 32.3 Å². The number of thiocarbonyl (C=S) groups is 1. The van der Waals surface area contributed by atoms with Crippen molar-refractivity contribution in [1.82, 2.24) is 5.32 Å². The zero-order chi connectivity index (χ0) is 20.5. The number of hydrogen-bond donors (Lipinski definition) is 2. The van der Waals surface area contributed by atoms with Crippen molar-refractivity contribution in [2.24, 2.45) is 0 Å². The summed E-state index contributed by atoms with van der Waals surface area (Å²) in [7, 11) is 0. The lowest BCUT2D eigenvalue weighted by atomic mass is 10.2. The molecule has 0 radical (unpaired) electrons. The molecule has 1 atom stereocenters. The summed E-state index contributed by atoms with van der Waals surface area (Å²) < 4.78 is 16.8. The summed E-state index contributed by atoms with van der Waals surface area (Å²) in [6.07, 6.45) is 3.26. The summed E-state index contributed by atoms with van der Waals surface area (Å²) in [4.78, 5) is 12.3. The van der Waals surface area contributed by atoms with E-state index >= 15 is 0 Å². The van der Waals surface area contributed by atoms with Crippen molar-refractivity contribution in [3.63, 3.8) is 0 Å². The van der Waals surface area contributed by atoms with Gasteiger partial charge in [-0.15, -0.1) is 0 Å². The molecule has 2 aromatic rings. The van der Waals surface area contributed by atoms with Crippen LogP contribution in [0.15, 0.2) is 48.5 Å². The SMILES string of the molecule is CCCOc1ccc(C(=O)NC(=S)Nc2ccc(OC[C@H]3CCCO3)cc2)cc1. The van der Waals surface area contributed by atoms with Gasteiger partial charge in [0.2, 0.25) is 0 Å². The molecule has 29 heavy (non-hydrogen) atoms. The first-order valence-electron chi connectivity index (χ1n) is 9.83. The molecule has 3 rings (SSSR count). The second-order valence-corrected chi connectivity index (χ2v) is 7.16. The summed E-state index contributed by atoms with van der Waals surface area (Å²) in [5, 5.41) is 5.91. The van der Waals surface area contributed by atoms with Crippen LogP contribution in [0.25, 0.3) is 0 Å². The Morgan fingerprint density at radius 3 is 2.45 bits per heavy atom. The van der Waals surface area contributed by atoms with Gasteiger partial charge in [0.25, 0.3) is 5.91 Å². The van der Waals surface area contributed by atoms with E-state index in [-0.39, 0.29) is 17.1 Å². The van der Waals surface area contributed by atoms with Gasteiger partial charge < -0.3 is 19.5 Å². The van der Waals surface area contributed by atoms with Gasteiger partial charge in [-0.25, -0.2) is 0 Å². The van der Waals surface area contributed by atoms with E-state index in [2.05, 4.69) is 10.6 Å². The van der Waals surface area contributed by atoms with E-state index in [1.165, 1.54) is 0 Å². The molecule has 0 spiro atoms. The van der Waals surface area contributed by atoms with Crippen LogP contribution in [-0.4, -0.2) is 36.9 Å². The molecule has 1 aliphatic heterocycles. The zero-order valence-electron chi connectivity index (χ0n) is 16.5. The molecule has 154 valence electrons. The van der Waals surface area contributed by atoms with Crippen LogP contribution >= 0.6 is 12.2 Å². The van der Waals surface area contributed by atoms with Crippen molar-refractivity contribution in [2.75, 3.05) is 25.1 Å². The van der Waals surface area contributed by atoms with Crippen molar-refractivity contribution in [3.8, 4) is 11.5 Å². The van der Waals surface area contributed by atoms with Crippen molar-refractivity contribution >= 4 is 28.9 Å². The number of amides is 1. The summed E-state index contributed by atoms with van der Waals surface area (Å²) >= 11 is 5.24. The molecule has 0 aliphatic carbocycles. The first-order valence-corrected chi connectivity index (χ1v) is 10.2. The van der Waals surface area contributed by atoms with Gasteiger partial charge in [-0.3, -0.25) is 10.1 Å². The Morgan fingerprint density at radius 1 is 1.10 bits per heavy atom. The Balaban J connectivity index is 1.45. The zero-order valence-corrected chi connectivity index (χ0v) is 17.3. The molecule has 0 bridgehead atoms. The Labute approximate surface area is 176 Å². The number of hydrogen-bond acceptors (Lipinski definition) is 5. The maximum Gasteiger partial charge on any atom is 0.257 e. The van der Waals surface area contributed by atoms with E-state index in [1.807, 2.05) is 31.2 Å². The average molecular weight is 415 g/mol. The normalized spacial score (nSPS) is 15.6. The number of benzene rings is 2. The molecule has 0 saturated carbocycles. The molecule has 1 amide bonds. The summed E-state index contributed by atoms with van der Waals surface area (Å²) in [6, 6.07) is 14.4. The molecule has 6 nitrogen and oxygen atoms in total. The number of ether oxygens (including phenoxy) is 3. The van der Waals surface area contributed by atoms with Gasteiger partial charge in [0.1, 0.15) is 18.1 Å². The topological polar surface area (TPSA) is 68.8 Å². The number of carbonyl (C=O) groups excluding carboxylic acids is 1. The highest BCUT2D eigenvalue weighted by atomic mass is 32.1. The Morgan fingerprint density at radius 2 is 1.79 bits per heavy atom. The Bertz CT molecular complexity index is 803. The molecule has 0 aromatic heterocycles. The number of carbonyl (C=O) groups is 1. The predicted molar refractivity (Wildman–Crippen MR) is 117 cm³/mol. The molecular formula is C22H26N2O4S. The predicted octanol–water partition coefficient (Wildman–Crippen LogP) is 4.16. The highest BCUT2D eigenvalue weighted by Crippen LogP contribution is 2.18. The lowest BCUT2D eigenvalue weighted by molar-refractivity contribution is 0.0679. The maximum atomic E-state index is 12.3. The van der Waals surface area contributed by atoms with Gasteiger partial charge in [-0.05, 0) is 80.0 Å². The minimum absolute atomic E-state index is 0.183. The number of nitrogens with one attached hydrogen (secondary N) is 2. The molecule has 2 aromatic carbocycles. The molecule has 1 saturated heterocycles. The Hall–Kier alpha value is -2.64. The summed E-state index contributed by atoms with van der Waals surface area (Å²) in [5.74, 6) is 1.23. The molecule has 1 heterocycles. The highest BCUT2D eigenvalue weighted by molar-refractivity contribution is 7.80. The quantitative estimate of drug-likeness (QED) is 0.632. The second-order valence-electron chi connectivity index (χ2n) is 6.75. The van der Waals surface area contributed by atoms with Crippen LogP contribution in [0.1, 0.15) is 36.5 Å². The molecule has 7 heteroatoms. The van der Waals surface area contributed by atoms with Gasteiger partial charge in [-0.2, -0.15) is 0 Å². The summed E-state index contributed by atoms with van der Waals surface area (Å²) in [5.41, 5.74) is 1.28. The van der Waals surface area contributed by atoms with E-state index in [0.717, 1.165) is 43.1 Å². The van der Waals surface area contributed by atoms with Gasteiger partial charge >= 0.3 is 0 Å². The standard InChI is InChI=1S/C22H26N2O4S/c1-2-13-26-18-9-5-16(6-10-18)21(25)24-22(29)23-17-7-11-19(12-8-17)28-15-20-4-3-14-27-20/h5-12,20H,2-4,13-15H2,1H3,(H2,23,24,25,29)/t20-/m1/s1. The number of anilines is 1. The van der Waals surface area contributed by atoms with Crippen LogP contribution < -0.4 is 20.1 Å². The monoisotopic (exact) mass is 414 g/mol. The van der Waals surface area contributed by atoms with Gasteiger partial charge in [0.15, 0.2) is 5.11 Å². The highest BCUT2D eigenvalue weighted by Gasteiger charge is 2.16. The van der Waals surface area contributed by atoms with E-state index < -0.39 is 0 Å². The average Bonchev–Trinajstić information content (AvgIpc) is 3.25. The van der Waals surface area contributed by atoms with Crippen molar-refractivity contribution in [1.29, 1.82) is 0 Å². The van der Waals surface area contributed by atoms with Gasteiger partial charge in [-0.1, -0.05) is 6.92 Å². The van der Waals surface area contributed by atoms with E-state index in [1.54, 1.807) is 24.3 Å². The maximum absolute atomic E-state index is 12.3. The van der Waals surface area contributed by atoms with E-state index in [9.17, 15) is 4.79 Å². The number of rotatable bonds is 8. The second kappa shape index (κ2) is 10.8. The van der Waals surface area contributed by atoms with Gasteiger partial charge in [0.05, 0.1) is 12.7 Å². The van der Waals surface area contributed by atoms with Crippen LogP contribution in [0.4, 0.5) is 5.69 Å². The third-order valence-corrected chi connectivity index (χ3v) is 4.59. The fraction of sp³-hybridized carbons (Fsp3) is 0.364. The minimum atomic E-state index is -0.277. The largest absolute Gasteiger partial charge is 0.494 e. The first kappa shape index (κ1) is 21.1. The summed E-state index contributed by atoms with van der Waals surface area (Å²) in [6.45, 7) is 4.07. The van der Waals surface area contributed by atoms with Crippen LogP contribution in [-0.2, 0) is 4.74 Å². The van der Waals surface area contributed by atoms with Crippen molar-refractivity contribution < 1.29 is 19.0 Å². The Kier molecular flexibility index (Phi) is 7.84. The lowest BCUT2D eigenvalue weighted by Crippen LogP contribution is -2.34. The first-order chi connectivity index (χ1) is 14.1. The van der Waals surface area contributed by atoms with Crippen LogP contribution in [0, 0.1) is 0 Å². The molecular weight excluding hydrogens is 388 g/mol. The van der Waals surface area contributed by atoms with Crippen LogP contribution in [0.2, 0.25) is 0 Å². The van der Waals surface area contributed by atoms with Crippen molar-refractivity contribution in [3.05, 3.63) is 54.1 Å². The van der Waals surface area contributed by atoms with Gasteiger partial charge in [0, 0.05) is 17.9 Å². The smallest absolute Gasteiger partial charge is 0.257 e.